The van der Waals surface area contributed by atoms with Crippen molar-refractivity contribution in [2.75, 3.05) is 6.61 Å². The van der Waals surface area contributed by atoms with Gasteiger partial charge in [0.15, 0.2) is 0 Å². The largest absolute Gasteiger partial charge is 0.508 e. The van der Waals surface area contributed by atoms with Gasteiger partial charge in [0.05, 0.1) is 0 Å². The number of phenolic OH excluding ortho intramolecular Hbond substituents is 1. The van der Waals surface area contributed by atoms with Gasteiger partial charge in [-0.25, -0.2) is 0 Å². The molecule has 0 aliphatic rings. The molecule has 14 heavy (non-hydrogen) atoms. The number of hydrogen-bond donors (Lipinski definition) is 3. The van der Waals surface area contributed by atoms with Gasteiger partial charge in [-0.05, 0) is 50.4 Å². The third-order valence-corrected chi connectivity index (χ3v) is 3.75. The monoisotopic (exact) mass is 323 g/mol. The first-order valence-corrected chi connectivity index (χ1v) is 5.69. The van der Waals surface area contributed by atoms with E-state index < -0.39 is 0 Å². The molecule has 0 radical (unpaired) electrons. The van der Waals surface area contributed by atoms with Crippen LogP contribution in [0.1, 0.15) is 18.0 Å². The Bertz CT molecular complexity index is 331. The second-order valence-corrected chi connectivity index (χ2v) is 4.65. The van der Waals surface area contributed by atoms with Gasteiger partial charge in [0.2, 0.25) is 0 Å². The molecule has 0 bridgehead atoms. The summed E-state index contributed by atoms with van der Waals surface area (Å²) >= 11 is 6.59. The molecule has 1 rings (SSSR count). The highest BCUT2D eigenvalue weighted by Crippen LogP contribution is 2.33. The zero-order chi connectivity index (χ0) is 10.7. The van der Waals surface area contributed by atoms with Crippen molar-refractivity contribution >= 4 is 31.9 Å². The van der Waals surface area contributed by atoms with Crippen LogP contribution < -0.4 is 5.73 Å². The molecule has 0 saturated carbocycles. The second kappa shape index (κ2) is 5.11. The molecule has 4 N–H and O–H groups in total. The Kier molecular flexibility index (Phi) is 4.37. The molecular formula is C9H11Br2NO2. The number of phenols is 1. The molecule has 0 saturated heterocycles. The molecule has 1 aromatic carbocycles. The predicted molar refractivity (Wildman–Crippen MR) is 62.1 cm³/mol. The molecule has 0 spiro atoms. The smallest absolute Gasteiger partial charge is 0.121 e. The maximum atomic E-state index is 9.60. The lowest BCUT2D eigenvalue weighted by Gasteiger charge is -2.13. The number of rotatable bonds is 3. The summed E-state index contributed by atoms with van der Waals surface area (Å²) in [6.07, 6.45) is 0.432. The Hall–Kier alpha value is -0.100. The van der Waals surface area contributed by atoms with Crippen molar-refractivity contribution in [3.63, 3.8) is 0 Å². The van der Waals surface area contributed by atoms with E-state index in [1.807, 2.05) is 0 Å². The van der Waals surface area contributed by atoms with Gasteiger partial charge in [0.1, 0.15) is 5.75 Å². The molecule has 0 unspecified atom stereocenters. The number of hydrogen-bond acceptors (Lipinski definition) is 3. The molecule has 0 heterocycles. The molecule has 1 aromatic rings. The molecule has 3 nitrogen and oxygen atoms in total. The van der Waals surface area contributed by atoms with Crippen molar-refractivity contribution < 1.29 is 10.2 Å². The second-order valence-electron chi connectivity index (χ2n) is 2.94. The minimum atomic E-state index is -0.343. The SMILES string of the molecule is N[C@H](CCO)c1cc(Br)c(Br)cc1O. The minimum absolute atomic E-state index is 0.00822. The van der Waals surface area contributed by atoms with Crippen molar-refractivity contribution in [3.05, 3.63) is 26.6 Å². The Morgan fingerprint density at radius 1 is 1.29 bits per heavy atom. The average molecular weight is 325 g/mol. The lowest BCUT2D eigenvalue weighted by Crippen LogP contribution is -2.12. The van der Waals surface area contributed by atoms with Crippen molar-refractivity contribution in [3.8, 4) is 5.75 Å². The fourth-order valence-corrected chi connectivity index (χ4v) is 1.84. The van der Waals surface area contributed by atoms with E-state index in [1.165, 1.54) is 0 Å². The van der Waals surface area contributed by atoms with E-state index in [9.17, 15) is 5.11 Å². The van der Waals surface area contributed by atoms with Crippen molar-refractivity contribution in [1.82, 2.24) is 0 Å². The summed E-state index contributed by atoms with van der Waals surface area (Å²) in [7, 11) is 0. The number of aromatic hydroxyl groups is 1. The van der Waals surface area contributed by atoms with E-state index in [-0.39, 0.29) is 18.4 Å². The van der Waals surface area contributed by atoms with Crippen LogP contribution >= 0.6 is 31.9 Å². The van der Waals surface area contributed by atoms with Crippen LogP contribution in [0.5, 0.6) is 5.75 Å². The lowest BCUT2D eigenvalue weighted by atomic mass is 10.0. The molecule has 5 heteroatoms. The van der Waals surface area contributed by atoms with Crippen LogP contribution in [0, 0.1) is 0 Å². The van der Waals surface area contributed by atoms with Gasteiger partial charge < -0.3 is 15.9 Å². The number of nitrogens with two attached hydrogens (primary N) is 1. The fourth-order valence-electron chi connectivity index (χ4n) is 1.14. The van der Waals surface area contributed by atoms with Crippen LogP contribution in [0.15, 0.2) is 21.1 Å². The van der Waals surface area contributed by atoms with Gasteiger partial charge in [0, 0.05) is 27.2 Å². The third kappa shape index (κ3) is 2.70. The highest BCUT2D eigenvalue weighted by molar-refractivity contribution is 9.13. The first-order valence-electron chi connectivity index (χ1n) is 4.10. The number of aliphatic hydroxyl groups is 1. The van der Waals surface area contributed by atoms with Gasteiger partial charge in [-0.15, -0.1) is 0 Å². The molecule has 0 amide bonds. The van der Waals surface area contributed by atoms with E-state index in [0.29, 0.717) is 12.0 Å². The summed E-state index contributed by atoms with van der Waals surface area (Å²) < 4.78 is 1.61. The van der Waals surface area contributed by atoms with E-state index in [2.05, 4.69) is 31.9 Å². The van der Waals surface area contributed by atoms with Crippen molar-refractivity contribution in [1.29, 1.82) is 0 Å². The fraction of sp³-hybridized carbons (Fsp3) is 0.333. The first-order chi connectivity index (χ1) is 6.56. The topological polar surface area (TPSA) is 66.5 Å². The Morgan fingerprint density at radius 2 is 1.86 bits per heavy atom. The first kappa shape index (κ1) is 12.0. The van der Waals surface area contributed by atoms with E-state index in [1.54, 1.807) is 12.1 Å². The quantitative estimate of drug-likeness (QED) is 0.799. The van der Waals surface area contributed by atoms with Crippen LogP contribution in [0.4, 0.5) is 0 Å². The summed E-state index contributed by atoms with van der Waals surface area (Å²) in [5.74, 6) is 0.140. The van der Waals surface area contributed by atoms with Crippen molar-refractivity contribution in [2.24, 2.45) is 5.73 Å². The standard InChI is InChI=1S/C9H11Br2NO2/c10-6-3-5(8(12)1-2-13)9(14)4-7(6)11/h3-4,8,13-14H,1-2,12H2/t8-/m1/s1. The number of benzene rings is 1. The summed E-state index contributed by atoms with van der Waals surface area (Å²) in [5.41, 5.74) is 6.40. The van der Waals surface area contributed by atoms with Crippen LogP contribution in [-0.4, -0.2) is 16.8 Å². The molecule has 0 fully saturated rings. The maximum absolute atomic E-state index is 9.60. The van der Waals surface area contributed by atoms with Gasteiger partial charge in [0.25, 0.3) is 0 Å². The molecule has 0 aliphatic heterocycles. The van der Waals surface area contributed by atoms with Crippen LogP contribution in [0.25, 0.3) is 0 Å². The molecule has 0 aliphatic carbocycles. The van der Waals surface area contributed by atoms with Gasteiger partial charge >= 0.3 is 0 Å². The van der Waals surface area contributed by atoms with Crippen LogP contribution in [0.3, 0.4) is 0 Å². The van der Waals surface area contributed by atoms with Crippen LogP contribution in [-0.2, 0) is 0 Å². The zero-order valence-corrected chi connectivity index (χ0v) is 10.5. The highest BCUT2D eigenvalue weighted by Gasteiger charge is 2.12. The number of aliphatic hydroxyl groups excluding tert-OH is 1. The Morgan fingerprint density at radius 3 is 2.43 bits per heavy atom. The van der Waals surface area contributed by atoms with Gasteiger partial charge in [-0.2, -0.15) is 0 Å². The summed E-state index contributed by atoms with van der Waals surface area (Å²) in [5, 5.41) is 18.3. The summed E-state index contributed by atoms with van der Waals surface area (Å²) in [4.78, 5) is 0. The van der Waals surface area contributed by atoms with E-state index in [0.717, 1.165) is 8.95 Å². The molecule has 1 atom stereocenters. The van der Waals surface area contributed by atoms with E-state index in [4.69, 9.17) is 10.8 Å². The zero-order valence-electron chi connectivity index (χ0n) is 7.37. The Labute approximate surface area is 99.2 Å². The van der Waals surface area contributed by atoms with E-state index >= 15 is 0 Å². The highest BCUT2D eigenvalue weighted by atomic mass is 79.9. The minimum Gasteiger partial charge on any atom is -0.508 e. The third-order valence-electron chi connectivity index (χ3n) is 1.91. The van der Waals surface area contributed by atoms with Gasteiger partial charge in [-0.1, -0.05) is 0 Å². The summed E-state index contributed by atoms with van der Waals surface area (Å²) in [6, 6.07) is 2.99. The average Bonchev–Trinajstić information content (AvgIpc) is 2.11. The predicted octanol–water partition coefficient (Wildman–Crippen LogP) is 2.30. The number of halogens is 2. The molecular weight excluding hydrogens is 314 g/mol. The van der Waals surface area contributed by atoms with Gasteiger partial charge in [-0.3, -0.25) is 0 Å². The molecule has 78 valence electrons. The van der Waals surface area contributed by atoms with Crippen molar-refractivity contribution in [2.45, 2.75) is 12.5 Å². The maximum Gasteiger partial charge on any atom is 0.121 e. The normalized spacial score (nSPS) is 12.9. The molecule has 0 aromatic heterocycles. The summed E-state index contributed by atoms with van der Waals surface area (Å²) in [6.45, 7) is 0.00822. The Balaban J connectivity index is 3.02. The van der Waals surface area contributed by atoms with Crippen LogP contribution in [0.2, 0.25) is 0 Å². The lowest BCUT2D eigenvalue weighted by molar-refractivity contribution is 0.275.